The van der Waals surface area contributed by atoms with E-state index in [-0.39, 0.29) is 5.91 Å². The predicted molar refractivity (Wildman–Crippen MR) is 85.9 cm³/mol. The molecule has 0 spiro atoms. The molecule has 6 nitrogen and oxygen atoms in total. The maximum atomic E-state index is 11.6. The smallest absolute Gasteiger partial charge is 0.251 e. The standard InChI is InChI=1S/C17H15N3O3/c1-18-17(21)11-4-2-10(3-5-11)16-19-12-8-14-15(9-13(12)20-16)23-7-6-22-14/h2-5,8-9H,6-7H2,1H3,(H,18,21)(H,19,20). The molecular formula is C17H15N3O3. The second kappa shape index (κ2) is 5.31. The molecule has 23 heavy (non-hydrogen) atoms. The summed E-state index contributed by atoms with van der Waals surface area (Å²) in [6, 6.07) is 11.1. The largest absolute Gasteiger partial charge is 0.486 e. The third-order valence-corrected chi connectivity index (χ3v) is 3.79. The van der Waals surface area contributed by atoms with Crippen molar-refractivity contribution >= 4 is 16.9 Å². The van der Waals surface area contributed by atoms with Gasteiger partial charge in [-0.15, -0.1) is 0 Å². The van der Waals surface area contributed by atoms with Gasteiger partial charge in [-0.25, -0.2) is 4.98 Å². The molecule has 4 rings (SSSR count). The number of hydrogen-bond acceptors (Lipinski definition) is 4. The van der Waals surface area contributed by atoms with Crippen LogP contribution >= 0.6 is 0 Å². The summed E-state index contributed by atoms with van der Waals surface area (Å²) in [5.41, 5.74) is 3.23. The number of aromatic nitrogens is 2. The zero-order chi connectivity index (χ0) is 15.8. The van der Waals surface area contributed by atoms with Crippen molar-refractivity contribution in [2.24, 2.45) is 0 Å². The van der Waals surface area contributed by atoms with Gasteiger partial charge in [0, 0.05) is 30.3 Å². The van der Waals surface area contributed by atoms with Crippen molar-refractivity contribution in [2.75, 3.05) is 20.3 Å². The van der Waals surface area contributed by atoms with Gasteiger partial charge in [0.1, 0.15) is 19.0 Å². The highest BCUT2D eigenvalue weighted by Crippen LogP contribution is 2.34. The first kappa shape index (κ1) is 13.6. The molecule has 1 aromatic heterocycles. The number of rotatable bonds is 2. The zero-order valence-electron chi connectivity index (χ0n) is 12.6. The van der Waals surface area contributed by atoms with E-state index in [0.717, 1.165) is 33.9 Å². The summed E-state index contributed by atoms with van der Waals surface area (Å²) in [5, 5.41) is 2.60. The Hall–Kier alpha value is -3.02. The quantitative estimate of drug-likeness (QED) is 0.762. The molecule has 0 fully saturated rings. The maximum absolute atomic E-state index is 11.6. The van der Waals surface area contributed by atoms with Crippen molar-refractivity contribution < 1.29 is 14.3 Å². The highest BCUT2D eigenvalue weighted by molar-refractivity contribution is 5.94. The van der Waals surface area contributed by atoms with Gasteiger partial charge < -0.3 is 19.8 Å². The minimum Gasteiger partial charge on any atom is -0.486 e. The lowest BCUT2D eigenvalue weighted by molar-refractivity contribution is 0.0963. The van der Waals surface area contributed by atoms with Crippen molar-refractivity contribution in [1.29, 1.82) is 0 Å². The summed E-state index contributed by atoms with van der Waals surface area (Å²) >= 11 is 0. The van der Waals surface area contributed by atoms with E-state index in [2.05, 4.69) is 15.3 Å². The molecule has 1 aliphatic heterocycles. The van der Waals surface area contributed by atoms with Crippen LogP contribution in [0.25, 0.3) is 22.4 Å². The SMILES string of the molecule is CNC(=O)c1ccc(-c2nc3cc4c(cc3[nH]2)OCCO4)cc1. The van der Waals surface area contributed by atoms with Gasteiger partial charge in [0.2, 0.25) is 0 Å². The van der Waals surface area contributed by atoms with Crippen LogP contribution in [-0.2, 0) is 0 Å². The van der Waals surface area contributed by atoms with Gasteiger partial charge in [0.25, 0.3) is 5.91 Å². The lowest BCUT2D eigenvalue weighted by Gasteiger charge is -2.17. The number of nitrogens with zero attached hydrogens (tertiary/aromatic N) is 1. The van der Waals surface area contributed by atoms with Crippen LogP contribution in [-0.4, -0.2) is 36.1 Å². The Morgan fingerprint density at radius 1 is 1.13 bits per heavy atom. The Morgan fingerprint density at radius 3 is 2.52 bits per heavy atom. The van der Waals surface area contributed by atoms with Crippen LogP contribution in [0.4, 0.5) is 0 Å². The van der Waals surface area contributed by atoms with Gasteiger partial charge in [-0.3, -0.25) is 4.79 Å². The molecule has 0 saturated heterocycles. The lowest BCUT2D eigenvalue weighted by atomic mass is 10.1. The van der Waals surface area contributed by atoms with Gasteiger partial charge >= 0.3 is 0 Å². The summed E-state index contributed by atoms with van der Waals surface area (Å²) < 4.78 is 11.2. The van der Waals surface area contributed by atoms with Gasteiger partial charge in [0.05, 0.1) is 11.0 Å². The normalized spacial score (nSPS) is 13.1. The summed E-state index contributed by atoms with van der Waals surface area (Å²) in [6.45, 7) is 1.11. The number of carbonyl (C=O) groups is 1. The van der Waals surface area contributed by atoms with Gasteiger partial charge in [-0.2, -0.15) is 0 Å². The van der Waals surface area contributed by atoms with Crippen molar-refractivity contribution in [3.05, 3.63) is 42.0 Å². The molecule has 116 valence electrons. The summed E-state index contributed by atoms with van der Waals surface area (Å²) in [6.07, 6.45) is 0. The number of carbonyl (C=O) groups excluding carboxylic acids is 1. The average molecular weight is 309 g/mol. The van der Waals surface area contributed by atoms with Crippen LogP contribution < -0.4 is 14.8 Å². The number of H-pyrrole nitrogens is 1. The van der Waals surface area contributed by atoms with E-state index < -0.39 is 0 Å². The molecule has 2 N–H and O–H groups in total. The first-order valence-corrected chi connectivity index (χ1v) is 7.36. The number of nitrogens with one attached hydrogen (secondary N) is 2. The second-order valence-corrected chi connectivity index (χ2v) is 5.25. The molecule has 0 saturated carbocycles. The predicted octanol–water partition coefficient (Wildman–Crippen LogP) is 2.36. The van der Waals surface area contributed by atoms with Gasteiger partial charge in [-0.1, -0.05) is 12.1 Å². The van der Waals surface area contributed by atoms with Crippen LogP contribution in [0.1, 0.15) is 10.4 Å². The molecule has 0 bridgehead atoms. The molecule has 0 radical (unpaired) electrons. The van der Waals surface area contributed by atoms with Crippen molar-refractivity contribution in [3.63, 3.8) is 0 Å². The number of hydrogen-bond donors (Lipinski definition) is 2. The lowest BCUT2D eigenvalue weighted by Crippen LogP contribution is -2.17. The van der Waals surface area contributed by atoms with E-state index in [1.807, 2.05) is 24.3 Å². The number of imidazole rings is 1. The van der Waals surface area contributed by atoms with E-state index in [9.17, 15) is 4.79 Å². The monoisotopic (exact) mass is 309 g/mol. The van der Waals surface area contributed by atoms with Crippen LogP contribution in [0.3, 0.4) is 0 Å². The fourth-order valence-corrected chi connectivity index (χ4v) is 2.61. The molecule has 3 aromatic rings. The van der Waals surface area contributed by atoms with Crippen molar-refractivity contribution in [3.8, 4) is 22.9 Å². The highest BCUT2D eigenvalue weighted by atomic mass is 16.6. The minimum absolute atomic E-state index is 0.108. The maximum Gasteiger partial charge on any atom is 0.251 e. The van der Waals surface area contributed by atoms with Gasteiger partial charge in [-0.05, 0) is 12.1 Å². The molecule has 0 unspecified atom stereocenters. The van der Waals surface area contributed by atoms with E-state index in [0.29, 0.717) is 18.8 Å². The number of amides is 1. The molecular weight excluding hydrogens is 294 g/mol. The average Bonchev–Trinajstić information content (AvgIpc) is 3.02. The highest BCUT2D eigenvalue weighted by Gasteiger charge is 2.15. The molecule has 6 heteroatoms. The number of ether oxygens (including phenoxy) is 2. The number of fused-ring (bicyclic) bond motifs is 2. The Morgan fingerprint density at radius 2 is 1.83 bits per heavy atom. The van der Waals surface area contributed by atoms with Gasteiger partial charge in [0.15, 0.2) is 11.5 Å². The van der Waals surface area contributed by atoms with Crippen LogP contribution in [0.5, 0.6) is 11.5 Å². The minimum atomic E-state index is -0.108. The van der Waals surface area contributed by atoms with Crippen molar-refractivity contribution in [1.82, 2.24) is 15.3 Å². The summed E-state index contributed by atoms with van der Waals surface area (Å²) in [4.78, 5) is 19.5. The number of aromatic amines is 1. The van der Waals surface area contributed by atoms with E-state index in [4.69, 9.17) is 9.47 Å². The first-order valence-electron chi connectivity index (χ1n) is 7.36. The number of benzene rings is 2. The first-order chi connectivity index (χ1) is 11.2. The molecule has 1 amide bonds. The Kier molecular flexibility index (Phi) is 3.15. The summed E-state index contributed by atoms with van der Waals surface area (Å²) in [7, 11) is 1.61. The van der Waals surface area contributed by atoms with Crippen LogP contribution in [0.15, 0.2) is 36.4 Å². The Labute approximate surface area is 132 Å². The molecule has 0 atom stereocenters. The fraction of sp³-hybridized carbons (Fsp3) is 0.176. The van der Waals surface area contributed by atoms with Crippen molar-refractivity contribution in [2.45, 2.75) is 0 Å². The Balaban J connectivity index is 1.72. The van der Waals surface area contributed by atoms with E-state index in [1.165, 1.54) is 0 Å². The van der Waals surface area contributed by atoms with E-state index in [1.54, 1.807) is 19.2 Å². The molecule has 1 aliphatic rings. The third kappa shape index (κ3) is 2.38. The van der Waals surface area contributed by atoms with E-state index >= 15 is 0 Å². The topological polar surface area (TPSA) is 76.2 Å². The Bertz CT molecular complexity index is 841. The van der Waals surface area contributed by atoms with Crippen LogP contribution in [0.2, 0.25) is 0 Å². The molecule has 2 aromatic carbocycles. The second-order valence-electron chi connectivity index (χ2n) is 5.25. The fourth-order valence-electron chi connectivity index (χ4n) is 2.61. The molecule has 2 heterocycles. The summed E-state index contributed by atoms with van der Waals surface area (Å²) in [5.74, 6) is 2.08. The molecule has 0 aliphatic carbocycles. The third-order valence-electron chi connectivity index (χ3n) is 3.79. The van der Waals surface area contributed by atoms with Crippen LogP contribution in [0, 0.1) is 0 Å². The zero-order valence-corrected chi connectivity index (χ0v) is 12.6.